The largest absolute Gasteiger partial charge is 0.491 e. The molecule has 0 aliphatic carbocycles. The van der Waals surface area contributed by atoms with E-state index in [9.17, 15) is 5.11 Å². The molecule has 4 nitrogen and oxygen atoms in total. The molecule has 1 aromatic carbocycles. The molecule has 0 aliphatic rings. The van der Waals surface area contributed by atoms with Crippen molar-refractivity contribution in [2.75, 3.05) is 19.8 Å². The molecule has 1 aromatic rings. The molecule has 2 atom stereocenters. The average Bonchev–Trinajstić information content (AvgIpc) is 2.42. The molecule has 0 bridgehead atoms. The maximum absolute atomic E-state index is 9.27. The van der Waals surface area contributed by atoms with Crippen LogP contribution in [0.4, 0.5) is 0 Å². The first-order valence-corrected chi connectivity index (χ1v) is 6.84. The second-order valence-corrected chi connectivity index (χ2v) is 4.85. The summed E-state index contributed by atoms with van der Waals surface area (Å²) < 4.78 is 5.47. The molecule has 0 radical (unpaired) electrons. The van der Waals surface area contributed by atoms with E-state index in [2.05, 4.69) is 25.2 Å². The number of benzene rings is 1. The fourth-order valence-electron chi connectivity index (χ4n) is 1.82. The number of hydrogen-bond donors (Lipinski definition) is 3. The molecule has 19 heavy (non-hydrogen) atoms. The summed E-state index contributed by atoms with van der Waals surface area (Å²) in [7, 11) is 0. The molecule has 0 spiro atoms. The van der Waals surface area contributed by atoms with Crippen LogP contribution in [0.25, 0.3) is 0 Å². The Morgan fingerprint density at radius 3 is 2.68 bits per heavy atom. The van der Waals surface area contributed by atoms with Crippen LogP contribution in [-0.4, -0.2) is 36.1 Å². The van der Waals surface area contributed by atoms with Gasteiger partial charge in [-0.1, -0.05) is 19.1 Å². The minimum atomic E-state index is -0.829. The van der Waals surface area contributed by atoms with Gasteiger partial charge in [0.05, 0.1) is 6.61 Å². The van der Waals surface area contributed by atoms with Crippen molar-refractivity contribution in [3.05, 3.63) is 29.3 Å². The number of aryl methyl sites for hydroxylation is 1. The number of hydrogen-bond acceptors (Lipinski definition) is 4. The van der Waals surface area contributed by atoms with Gasteiger partial charge in [0.2, 0.25) is 0 Å². The van der Waals surface area contributed by atoms with Gasteiger partial charge in [-0.25, -0.2) is 0 Å². The maximum Gasteiger partial charge on any atom is 0.122 e. The minimum Gasteiger partial charge on any atom is -0.491 e. The van der Waals surface area contributed by atoms with Crippen molar-refractivity contribution in [2.45, 2.75) is 39.3 Å². The van der Waals surface area contributed by atoms with Crippen LogP contribution >= 0.6 is 0 Å². The van der Waals surface area contributed by atoms with Gasteiger partial charge in [0, 0.05) is 6.04 Å². The molecule has 0 fully saturated rings. The summed E-state index contributed by atoms with van der Waals surface area (Å²) in [6, 6.07) is 6.35. The Labute approximate surface area is 115 Å². The van der Waals surface area contributed by atoms with Crippen molar-refractivity contribution in [1.29, 1.82) is 0 Å². The summed E-state index contributed by atoms with van der Waals surface area (Å²) in [6.07, 6.45) is 0.285. The van der Waals surface area contributed by atoms with Crippen LogP contribution in [-0.2, 0) is 0 Å². The first-order chi connectivity index (χ1) is 9.08. The Kier molecular flexibility index (Phi) is 6.84. The molecule has 0 aromatic heterocycles. The maximum atomic E-state index is 9.27. The molecule has 3 N–H and O–H groups in total. The highest BCUT2D eigenvalue weighted by Gasteiger charge is 2.09. The zero-order valence-corrected chi connectivity index (χ0v) is 12.0. The Hall–Kier alpha value is -1.10. The van der Waals surface area contributed by atoms with Gasteiger partial charge in [0.1, 0.15) is 18.5 Å². The van der Waals surface area contributed by atoms with Gasteiger partial charge in [-0.3, -0.25) is 0 Å². The highest BCUT2D eigenvalue weighted by Crippen LogP contribution is 2.22. The van der Waals surface area contributed by atoms with E-state index in [4.69, 9.17) is 9.84 Å². The van der Waals surface area contributed by atoms with Gasteiger partial charge in [-0.15, -0.1) is 0 Å². The number of aliphatic hydroxyl groups excluding tert-OH is 2. The molecule has 2 unspecified atom stereocenters. The predicted molar refractivity (Wildman–Crippen MR) is 76.5 cm³/mol. The first-order valence-electron chi connectivity index (χ1n) is 6.84. The summed E-state index contributed by atoms with van der Waals surface area (Å²) in [4.78, 5) is 0. The highest BCUT2D eigenvalue weighted by atomic mass is 16.5. The van der Waals surface area contributed by atoms with Crippen LogP contribution < -0.4 is 10.1 Å². The molecular formula is C15H25NO3. The second kappa shape index (κ2) is 8.15. The van der Waals surface area contributed by atoms with Crippen LogP contribution in [0.5, 0.6) is 5.75 Å². The second-order valence-electron chi connectivity index (χ2n) is 4.85. The van der Waals surface area contributed by atoms with E-state index < -0.39 is 6.10 Å². The van der Waals surface area contributed by atoms with Crippen molar-refractivity contribution in [3.63, 3.8) is 0 Å². The van der Waals surface area contributed by atoms with E-state index in [-0.39, 0.29) is 13.2 Å². The lowest BCUT2D eigenvalue weighted by Gasteiger charge is -2.17. The molecule has 1 rings (SSSR count). The monoisotopic (exact) mass is 267 g/mol. The van der Waals surface area contributed by atoms with Gasteiger partial charge < -0.3 is 20.3 Å². The van der Waals surface area contributed by atoms with E-state index in [1.54, 1.807) is 0 Å². The SMILES string of the molecule is CCCNC(C)c1ccc(OCC(O)CO)c(C)c1. The number of ether oxygens (including phenoxy) is 1. The standard InChI is InChI=1S/C15H25NO3/c1-4-7-16-12(3)13-5-6-15(11(2)8-13)19-10-14(18)9-17/h5-6,8,12,14,16-18H,4,7,9-10H2,1-3H3. The van der Waals surface area contributed by atoms with Crippen molar-refractivity contribution >= 4 is 0 Å². The predicted octanol–water partition coefficient (Wildman–Crippen LogP) is 1.79. The topological polar surface area (TPSA) is 61.7 Å². The molecule has 0 saturated carbocycles. The lowest BCUT2D eigenvalue weighted by Crippen LogP contribution is -2.22. The van der Waals surface area contributed by atoms with Gasteiger partial charge in [-0.05, 0) is 44.0 Å². The smallest absolute Gasteiger partial charge is 0.122 e. The lowest BCUT2D eigenvalue weighted by atomic mass is 10.0. The number of nitrogens with one attached hydrogen (secondary N) is 1. The third-order valence-corrected chi connectivity index (χ3v) is 3.04. The highest BCUT2D eigenvalue weighted by molar-refractivity contribution is 5.37. The van der Waals surface area contributed by atoms with E-state index >= 15 is 0 Å². The normalized spacial score (nSPS) is 14.2. The van der Waals surface area contributed by atoms with E-state index in [0.717, 1.165) is 24.3 Å². The molecule has 4 heteroatoms. The van der Waals surface area contributed by atoms with Gasteiger partial charge in [-0.2, -0.15) is 0 Å². The molecule has 0 amide bonds. The zero-order chi connectivity index (χ0) is 14.3. The molecule has 0 aliphatic heterocycles. The summed E-state index contributed by atoms with van der Waals surface area (Å²) >= 11 is 0. The minimum absolute atomic E-state index is 0.111. The van der Waals surface area contributed by atoms with E-state index in [1.807, 2.05) is 19.1 Å². The molecular weight excluding hydrogens is 242 g/mol. The fourth-order valence-corrected chi connectivity index (χ4v) is 1.82. The van der Waals surface area contributed by atoms with Crippen molar-refractivity contribution in [2.24, 2.45) is 0 Å². The average molecular weight is 267 g/mol. The van der Waals surface area contributed by atoms with Crippen LogP contribution in [0.3, 0.4) is 0 Å². The summed E-state index contributed by atoms with van der Waals surface area (Å²) in [5.74, 6) is 0.749. The number of rotatable bonds is 8. The van der Waals surface area contributed by atoms with Crippen LogP contribution in [0.2, 0.25) is 0 Å². The van der Waals surface area contributed by atoms with Crippen molar-refractivity contribution in [3.8, 4) is 5.75 Å². The first kappa shape index (κ1) is 16.0. The lowest BCUT2D eigenvalue weighted by molar-refractivity contribution is 0.0534. The third kappa shape index (κ3) is 5.19. The Balaban J connectivity index is 2.63. The summed E-state index contributed by atoms with van der Waals surface area (Å²) in [5.41, 5.74) is 2.26. The van der Waals surface area contributed by atoms with Gasteiger partial charge in [0.15, 0.2) is 0 Å². The number of aliphatic hydroxyl groups is 2. The van der Waals surface area contributed by atoms with Crippen molar-refractivity contribution in [1.82, 2.24) is 5.32 Å². The quantitative estimate of drug-likeness (QED) is 0.672. The third-order valence-electron chi connectivity index (χ3n) is 3.04. The van der Waals surface area contributed by atoms with Crippen molar-refractivity contribution < 1.29 is 14.9 Å². The molecule has 0 saturated heterocycles. The molecule has 0 heterocycles. The zero-order valence-electron chi connectivity index (χ0n) is 12.0. The fraction of sp³-hybridized carbons (Fsp3) is 0.600. The van der Waals surface area contributed by atoms with Gasteiger partial charge >= 0.3 is 0 Å². The molecule has 108 valence electrons. The van der Waals surface area contributed by atoms with Crippen LogP contribution in [0.15, 0.2) is 18.2 Å². The van der Waals surface area contributed by atoms with Gasteiger partial charge in [0.25, 0.3) is 0 Å². The Bertz CT molecular complexity index is 382. The van der Waals surface area contributed by atoms with E-state index in [0.29, 0.717) is 6.04 Å². The summed E-state index contributed by atoms with van der Waals surface area (Å²) in [5, 5.41) is 21.4. The Morgan fingerprint density at radius 1 is 1.37 bits per heavy atom. The van der Waals surface area contributed by atoms with Crippen LogP contribution in [0, 0.1) is 6.92 Å². The summed E-state index contributed by atoms with van der Waals surface area (Å²) in [6.45, 7) is 7.10. The van der Waals surface area contributed by atoms with E-state index in [1.165, 1.54) is 5.56 Å². The Morgan fingerprint density at radius 2 is 2.11 bits per heavy atom. The van der Waals surface area contributed by atoms with Crippen LogP contribution in [0.1, 0.15) is 37.4 Å².